The summed E-state index contributed by atoms with van der Waals surface area (Å²) in [4.78, 5) is 11.7. The Bertz CT molecular complexity index is 390. The van der Waals surface area contributed by atoms with Crippen LogP contribution in [0.1, 0.15) is 31.2 Å². The van der Waals surface area contributed by atoms with E-state index in [2.05, 4.69) is 0 Å². The van der Waals surface area contributed by atoms with Crippen molar-refractivity contribution in [2.45, 2.75) is 25.7 Å². The van der Waals surface area contributed by atoms with Crippen LogP contribution >= 0.6 is 0 Å². The molecule has 0 aliphatic heterocycles. The van der Waals surface area contributed by atoms with Gasteiger partial charge >= 0.3 is 5.97 Å². The average Bonchev–Trinajstić information content (AvgIpc) is 2.35. The Kier molecular flexibility index (Phi) is 4.94. The van der Waals surface area contributed by atoms with E-state index in [1.807, 2.05) is 6.92 Å². The van der Waals surface area contributed by atoms with Gasteiger partial charge in [-0.1, -0.05) is 13.3 Å². The minimum Gasteiger partial charge on any atom is -0.496 e. The largest absolute Gasteiger partial charge is 0.496 e. The van der Waals surface area contributed by atoms with Gasteiger partial charge in [0.15, 0.2) is 0 Å². The summed E-state index contributed by atoms with van der Waals surface area (Å²) in [6.07, 6.45) is 1.41. The van der Waals surface area contributed by atoms with Gasteiger partial charge in [-0.3, -0.25) is 4.79 Å². The molecule has 3 nitrogen and oxygen atoms in total. The van der Waals surface area contributed by atoms with Crippen molar-refractivity contribution in [3.05, 3.63) is 29.6 Å². The van der Waals surface area contributed by atoms with Gasteiger partial charge in [-0.25, -0.2) is 4.39 Å². The zero-order valence-electron chi connectivity index (χ0n) is 10.3. The van der Waals surface area contributed by atoms with Crippen LogP contribution in [-0.2, 0) is 9.53 Å². The predicted octanol–water partition coefficient (Wildman–Crippen LogP) is 2.89. The molecule has 1 aromatic rings. The molecule has 0 spiro atoms. The van der Waals surface area contributed by atoms with Crippen LogP contribution in [0.15, 0.2) is 18.2 Å². The minimum absolute atomic E-state index is 0.365. The summed E-state index contributed by atoms with van der Waals surface area (Å²) in [5.74, 6) is -0.715. The molecule has 1 atom stereocenters. The lowest BCUT2D eigenvalue weighted by molar-refractivity contribution is -0.142. The molecular weight excluding hydrogens is 223 g/mol. The van der Waals surface area contributed by atoms with Crippen LogP contribution in [-0.4, -0.2) is 20.2 Å². The first-order valence-corrected chi connectivity index (χ1v) is 5.55. The first-order valence-electron chi connectivity index (χ1n) is 5.55. The molecule has 0 amide bonds. The number of hydrogen-bond acceptors (Lipinski definition) is 3. The second kappa shape index (κ2) is 6.23. The fourth-order valence-electron chi connectivity index (χ4n) is 1.81. The summed E-state index contributed by atoms with van der Waals surface area (Å²) in [6, 6.07) is 4.16. The van der Waals surface area contributed by atoms with E-state index in [9.17, 15) is 9.18 Å². The van der Waals surface area contributed by atoms with Gasteiger partial charge in [-0.05, 0) is 24.6 Å². The average molecular weight is 240 g/mol. The molecule has 0 N–H and O–H groups in total. The normalized spacial score (nSPS) is 12.0. The van der Waals surface area contributed by atoms with Gasteiger partial charge in [0, 0.05) is 5.56 Å². The lowest BCUT2D eigenvalue weighted by Gasteiger charge is -2.17. The smallest absolute Gasteiger partial charge is 0.313 e. The summed E-state index contributed by atoms with van der Waals surface area (Å²) in [7, 11) is 2.83. The Hall–Kier alpha value is -1.58. The maximum Gasteiger partial charge on any atom is 0.313 e. The van der Waals surface area contributed by atoms with E-state index in [-0.39, 0.29) is 11.8 Å². The van der Waals surface area contributed by atoms with Crippen molar-refractivity contribution in [3.63, 3.8) is 0 Å². The number of hydrogen-bond donors (Lipinski definition) is 0. The standard InChI is InChI=1S/C13H17FO3/c1-4-5-10(13(15)17-3)11-8-9(14)6-7-12(11)16-2/h6-8,10H,4-5H2,1-3H3. The predicted molar refractivity (Wildman–Crippen MR) is 62.6 cm³/mol. The number of ether oxygens (including phenoxy) is 2. The highest BCUT2D eigenvalue weighted by atomic mass is 19.1. The number of methoxy groups -OCH3 is 2. The molecule has 17 heavy (non-hydrogen) atoms. The Morgan fingerprint density at radius 2 is 2.12 bits per heavy atom. The molecule has 4 heteroatoms. The fourth-order valence-corrected chi connectivity index (χ4v) is 1.81. The molecule has 0 bridgehead atoms. The molecule has 0 radical (unpaired) electrons. The van der Waals surface area contributed by atoms with E-state index >= 15 is 0 Å². The molecule has 0 heterocycles. The summed E-state index contributed by atoms with van der Waals surface area (Å²) < 4.78 is 23.1. The van der Waals surface area contributed by atoms with E-state index < -0.39 is 5.92 Å². The van der Waals surface area contributed by atoms with E-state index in [4.69, 9.17) is 9.47 Å². The molecule has 1 rings (SSSR count). The number of carbonyl (C=O) groups is 1. The molecule has 1 aromatic carbocycles. The number of carbonyl (C=O) groups excluding carboxylic acids is 1. The van der Waals surface area contributed by atoms with Crippen LogP contribution in [0.5, 0.6) is 5.75 Å². The van der Waals surface area contributed by atoms with Gasteiger partial charge in [-0.15, -0.1) is 0 Å². The summed E-state index contributed by atoms with van der Waals surface area (Å²) in [5, 5.41) is 0. The van der Waals surface area contributed by atoms with E-state index in [0.29, 0.717) is 17.7 Å². The van der Waals surface area contributed by atoms with Gasteiger partial charge < -0.3 is 9.47 Å². The molecule has 0 fully saturated rings. The van der Waals surface area contributed by atoms with Gasteiger partial charge in [0.1, 0.15) is 11.6 Å². The lowest BCUT2D eigenvalue weighted by atomic mass is 9.93. The topological polar surface area (TPSA) is 35.5 Å². The van der Waals surface area contributed by atoms with E-state index in [1.165, 1.54) is 32.4 Å². The molecular formula is C13H17FO3. The van der Waals surface area contributed by atoms with Gasteiger partial charge in [0.25, 0.3) is 0 Å². The first-order chi connectivity index (χ1) is 8.13. The van der Waals surface area contributed by atoms with Crippen LogP contribution in [0.25, 0.3) is 0 Å². The van der Waals surface area contributed by atoms with Crippen LogP contribution < -0.4 is 4.74 Å². The van der Waals surface area contributed by atoms with Gasteiger partial charge in [-0.2, -0.15) is 0 Å². The quantitative estimate of drug-likeness (QED) is 0.742. The van der Waals surface area contributed by atoms with Crippen LogP contribution in [0, 0.1) is 5.82 Å². The van der Waals surface area contributed by atoms with E-state index in [0.717, 1.165) is 6.42 Å². The van der Waals surface area contributed by atoms with Crippen molar-refractivity contribution in [1.82, 2.24) is 0 Å². The van der Waals surface area contributed by atoms with Crippen molar-refractivity contribution in [2.24, 2.45) is 0 Å². The zero-order valence-corrected chi connectivity index (χ0v) is 10.3. The summed E-state index contributed by atoms with van der Waals surface area (Å²) >= 11 is 0. The highest BCUT2D eigenvalue weighted by Crippen LogP contribution is 2.31. The van der Waals surface area contributed by atoms with E-state index in [1.54, 1.807) is 0 Å². The van der Waals surface area contributed by atoms with Crippen molar-refractivity contribution < 1.29 is 18.7 Å². The van der Waals surface area contributed by atoms with Crippen LogP contribution in [0.4, 0.5) is 4.39 Å². The second-order valence-electron chi connectivity index (χ2n) is 3.75. The molecule has 0 aliphatic carbocycles. The Balaban J connectivity index is 3.15. The van der Waals surface area contributed by atoms with Crippen molar-refractivity contribution in [3.8, 4) is 5.75 Å². The van der Waals surface area contributed by atoms with Crippen LogP contribution in [0.3, 0.4) is 0 Å². The highest BCUT2D eigenvalue weighted by molar-refractivity contribution is 5.79. The monoisotopic (exact) mass is 240 g/mol. The molecule has 0 saturated carbocycles. The molecule has 0 saturated heterocycles. The van der Waals surface area contributed by atoms with Gasteiger partial charge in [0.05, 0.1) is 20.1 Å². The zero-order chi connectivity index (χ0) is 12.8. The Morgan fingerprint density at radius 1 is 1.41 bits per heavy atom. The number of esters is 1. The summed E-state index contributed by atoms with van der Waals surface area (Å²) in [5.41, 5.74) is 0.543. The molecule has 0 aliphatic rings. The van der Waals surface area contributed by atoms with Crippen molar-refractivity contribution in [1.29, 1.82) is 0 Å². The highest BCUT2D eigenvalue weighted by Gasteiger charge is 2.24. The first kappa shape index (κ1) is 13.5. The Labute approximate surface area is 101 Å². The minimum atomic E-state index is -0.476. The van der Waals surface area contributed by atoms with Crippen molar-refractivity contribution >= 4 is 5.97 Å². The third-order valence-corrected chi connectivity index (χ3v) is 2.63. The second-order valence-corrected chi connectivity index (χ2v) is 3.75. The number of benzene rings is 1. The number of rotatable bonds is 5. The summed E-state index contributed by atoms with van der Waals surface area (Å²) in [6.45, 7) is 1.96. The molecule has 1 unspecified atom stereocenters. The lowest BCUT2D eigenvalue weighted by Crippen LogP contribution is -2.15. The van der Waals surface area contributed by atoms with Crippen LogP contribution in [0.2, 0.25) is 0 Å². The third-order valence-electron chi connectivity index (χ3n) is 2.63. The molecule has 0 aromatic heterocycles. The van der Waals surface area contributed by atoms with Crippen molar-refractivity contribution in [2.75, 3.05) is 14.2 Å². The molecule has 94 valence electrons. The number of halogens is 1. The van der Waals surface area contributed by atoms with Gasteiger partial charge in [0.2, 0.25) is 0 Å². The Morgan fingerprint density at radius 3 is 2.65 bits per heavy atom. The maximum absolute atomic E-state index is 13.2. The third kappa shape index (κ3) is 3.19. The fraction of sp³-hybridized carbons (Fsp3) is 0.462. The maximum atomic E-state index is 13.2. The SMILES string of the molecule is CCCC(C(=O)OC)c1cc(F)ccc1OC.